The lowest BCUT2D eigenvalue weighted by molar-refractivity contribution is -0.137. The van der Waals surface area contributed by atoms with Crippen LogP contribution in [0.4, 0.5) is 30.8 Å². The van der Waals surface area contributed by atoms with Crippen molar-refractivity contribution >= 4 is 41.1 Å². The Hall–Kier alpha value is -2.92. The minimum atomic E-state index is -4.61. The van der Waals surface area contributed by atoms with Crippen LogP contribution in [0.2, 0.25) is 0 Å². The van der Waals surface area contributed by atoms with Crippen molar-refractivity contribution in [1.82, 2.24) is 24.7 Å². The van der Waals surface area contributed by atoms with Crippen LogP contribution < -0.4 is 10.6 Å². The normalized spacial score (nSPS) is 12.7. The first-order chi connectivity index (χ1) is 14.3. The highest BCUT2D eigenvalue weighted by Gasteiger charge is 2.36. The van der Waals surface area contributed by atoms with E-state index in [1.807, 2.05) is 0 Å². The predicted octanol–water partition coefficient (Wildman–Crippen LogP) is 2.25. The molecule has 0 saturated carbocycles. The Morgan fingerprint density at radius 1 is 1.16 bits per heavy atom. The Morgan fingerprint density at radius 3 is 2.42 bits per heavy atom. The molecule has 0 spiro atoms. The fourth-order valence-corrected chi connectivity index (χ4v) is 2.89. The monoisotopic (exact) mass is 425 g/mol. The first kappa shape index (κ1) is 22.8. The molecule has 0 atom stereocenters. The number of rotatable bonds is 7. The molecule has 0 unspecified atom stereocenters. The standard InChI is InChI=1S/C17H17B3F3N7O/c1-4-24-12-9(16(21,22)23)8-26-14(28-12)27-11-7-10(30(29-11)17(18,19)20)15(2,3)13-25-5-6-31-13/h5-8H,4H2,1-3H3,(H2,24,26,27,28,29). The summed E-state index contributed by atoms with van der Waals surface area (Å²) >= 11 is 0. The van der Waals surface area contributed by atoms with Gasteiger partial charge in [0, 0.05) is 18.8 Å². The lowest BCUT2D eigenvalue weighted by atomic mass is 9.49. The minimum Gasteiger partial charge on any atom is -0.448 e. The molecule has 0 fully saturated rings. The number of hydrogen-bond donors (Lipinski definition) is 2. The Morgan fingerprint density at radius 2 is 1.87 bits per heavy atom. The van der Waals surface area contributed by atoms with E-state index in [4.69, 9.17) is 28.0 Å². The van der Waals surface area contributed by atoms with Gasteiger partial charge in [-0.2, -0.15) is 23.3 Å². The molecular weight excluding hydrogens is 408 g/mol. The molecule has 8 nitrogen and oxygen atoms in total. The highest BCUT2D eigenvalue weighted by Crippen LogP contribution is 2.35. The van der Waals surface area contributed by atoms with Crippen molar-refractivity contribution in [3.63, 3.8) is 0 Å². The number of hydrogen-bond acceptors (Lipinski definition) is 7. The van der Waals surface area contributed by atoms with E-state index in [9.17, 15) is 13.2 Å². The average molecular weight is 425 g/mol. The van der Waals surface area contributed by atoms with E-state index in [2.05, 4.69) is 30.7 Å². The second kappa shape index (κ2) is 7.97. The molecule has 2 N–H and O–H groups in total. The average Bonchev–Trinajstić information content (AvgIpc) is 3.31. The van der Waals surface area contributed by atoms with E-state index in [1.165, 1.54) is 12.5 Å². The van der Waals surface area contributed by atoms with Crippen molar-refractivity contribution in [2.75, 3.05) is 17.2 Å². The summed E-state index contributed by atoms with van der Waals surface area (Å²) in [7, 11) is 17.6. The van der Waals surface area contributed by atoms with Crippen molar-refractivity contribution < 1.29 is 17.6 Å². The van der Waals surface area contributed by atoms with Gasteiger partial charge in [-0.25, -0.2) is 9.97 Å². The second-order valence-electron chi connectivity index (χ2n) is 7.29. The summed E-state index contributed by atoms with van der Waals surface area (Å²) in [5, 5.41) is 7.69. The molecule has 0 aliphatic carbocycles. The van der Waals surface area contributed by atoms with Crippen LogP contribution in [-0.2, 0) is 16.8 Å². The minimum absolute atomic E-state index is 0.120. The molecule has 14 heteroatoms. The van der Waals surface area contributed by atoms with E-state index in [1.54, 1.807) is 26.8 Å². The molecule has 0 saturated heterocycles. The van der Waals surface area contributed by atoms with Crippen molar-refractivity contribution in [2.24, 2.45) is 0 Å². The first-order valence-corrected chi connectivity index (χ1v) is 9.16. The number of anilines is 3. The van der Waals surface area contributed by atoms with Crippen molar-refractivity contribution in [2.45, 2.75) is 37.6 Å². The van der Waals surface area contributed by atoms with Crippen molar-refractivity contribution in [1.29, 1.82) is 0 Å². The fourth-order valence-electron chi connectivity index (χ4n) is 2.89. The largest absolute Gasteiger partial charge is 0.448 e. The zero-order valence-corrected chi connectivity index (χ0v) is 17.0. The summed E-state index contributed by atoms with van der Waals surface area (Å²) in [4.78, 5) is 11.8. The highest BCUT2D eigenvalue weighted by molar-refractivity contribution is 6.56. The van der Waals surface area contributed by atoms with Gasteiger partial charge in [-0.1, -0.05) is 0 Å². The van der Waals surface area contributed by atoms with E-state index < -0.39 is 22.4 Å². The summed E-state index contributed by atoms with van der Waals surface area (Å²) < 4.78 is 46.1. The molecule has 0 amide bonds. The number of nitrogens with zero attached hydrogens (tertiary/aromatic N) is 5. The lowest BCUT2D eigenvalue weighted by Crippen LogP contribution is -2.40. The highest BCUT2D eigenvalue weighted by atomic mass is 19.4. The fraction of sp³-hybridized carbons (Fsp3) is 0.412. The molecule has 3 aromatic heterocycles. The van der Waals surface area contributed by atoms with Crippen LogP contribution in [0.5, 0.6) is 0 Å². The zero-order chi connectivity index (χ0) is 23.0. The van der Waals surface area contributed by atoms with Gasteiger partial charge in [0.2, 0.25) is 11.8 Å². The summed E-state index contributed by atoms with van der Waals surface area (Å²) in [5.74, 6) is 0.0241. The third kappa shape index (κ3) is 4.72. The number of nitrogens with one attached hydrogen (secondary N) is 2. The molecule has 31 heavy (non-hydrogen) atoms. The zero-order valence-electron chi connectivity index (χ0n) is 17.0. The van der Waals surface area contributed by atoms with Crippen molar-refractivity contribution in [3.05, 3.63) is 41.9 Å². The molecule has 6 radical (unpaired) electrons. The Kier molecular flexibility index (Phi) is 5.85. The van der Waals surface area contributed by atoms with Gasteiger partial charge in [0.1, 0.15) is 17.6 Å². The Balaban J connectivity index is 2.01. The van der Waals surface area contributed by atoms with Gasteiger partial charge in [-0.05, 0) is 26.0 Å². The SMILES string of the molecule is [B]C([B])([B])n1nc(Nc2ncc(C(F)(F)F)c(NCC)n2)cc1C(C)(C)c1ncco1. The maximum Gasteiger partial charge on any atom is 0.421 e. The maximum absolute atomic E-state index is 13.2. The van der Waals surface area contributed by atoms with Gasteiger partial charge < -0.3 is 15.1 Å². The van der Waals surface area contributed by atoms with E-state index in [-0.39, 0.29) is 24.1 Å². The smallest absolute Gasteiger partial charge is 0.421 e. The van der Waals surface area contributed by atoms with Crippen LogP contribution in [0.25, 0.3) is 0 Å². The van der Waals surface area contributed by atoms with E-state index in [0.717, 1.165) is 4.68 Å². The van der Waals surface area contributed by atoms with Crippen LogP contribution in [-0.4, -0.2) is 54.8 Å². The lowest BCUT2D eigenvalue weighted by Gasteiger charge is -2.30. The van der Waals surface area contributed by atoms with Gasteiger partial charge >= 0.3 is 6.18 Å². The number of halogens is 3. The summed E-state index contributed by atoms with van der Waals surface area (Å²) in [6.45, 7) is 5.47. The molecule has 0 bridgehead atoms. The number of alkyl halides is 3. The van der Waals surface area contributed by atoms with Crippen molar-refractivity contribution in [3.8, 4) is 0 Å². The maximum atomic E-state index is 13.2. The summed E-state index contributed by atoms with van der Waals surface area (Å²) in [5.41, 5.74) is -1.40. The third-order valence-corrected chi connectivity index (χ3v) is 4.36. The molecule has 3 heterocycles. The first-order valence-electron chi connectivity index (χ1n) is 9.16. The molecule has 3 rings (SSSR count). The molecule has 156 valence electrons. The van der Waals surface area contributed by atoms with Gasteiger partial charge in [-0.15, -0.1) is 0 Å². The van der Waals surface area contributed by atoms with Crippen LogP contribution in [0.3, 0.4) is 0 Å². The van der Waals surface area contributed by atoms with E-state index in [0.29, 0.717) is 17.8 Å². The van der Waals surface area contributed by atoms with Crippen LogP contribution in [0.1, 0.15) is 37.9 Å². The van der Waals surface area contributed by atoms with E-state index >= 15 is 0 Å². The molecule has 0 aliphatic rings. The van der Waals surface area contributed by atoms with Gasteiger partial charge in [-0.3, -0.25) is 4.68 Å². The molecule has 0 aromatic carbocycles. The predicted molar refractivity (Wildman–Crippen MR) is 111 cm³/mol. The Bertz CT molecular complexity index is 1050. The van der Waals surface area contributed by atoms with Gasteiger partial charge in [0.25, 0.3) is 0 Å². The topological polar surface area (TPSA) is 93.7 Å². The molecule has 3 aromatic rings. The quantitative estimate of drug-likeness (QED) is 0.562. The summed E-state index contributed by atoms with van der Waals surface area (Å²) in [6.07, 6.45) is -1.03. The summed E-state index contributed by atoms with van der Waals surface area (Å²) in [6, 6.07) is 1.56. The van der Waals surface area contributed by atoms with Gasteiger partial charge in [0.05, 0.1) is 40.8 Å². The Labute approximate surface area is 180 Å². The van der Waals surface area contributed by atoms with Gasteiger partial charge in [0.15, 0.2) is 5.82 Å². The molecule has 0 aliphatic heterocycles. The van der Waals surface area contributed by atoms with Crippen LogP contribution >= 0.6 is 0 Å². The van der Waals surface area contributed by atoms with Crippen LogP contribution in [0.15, 0.2) is 29.1 Å². The molecular formula is C17H17B3F3N7O. The van der Waals surface area contributed by atoms with Crippen LogP contribution in [0, 0.1) is 0 Å². The number of oxazole rings is 1. The third-order valence-electron chi connectivity index (χ3n) is 4.36. The second-order valence-corrected chi connectivity index (χ2v) is 7.29. The number of aromatic nitrogens is 5.